The van der Waals surface area contributed by atoms with Gasteiger partial charge in [-0.1, -0.05) is 61.0 Å². The highest BCUT2D eigenvalue weighted by atomic mass is 79.9. The Kier molecular flexibility index (Phi) is 8.12. The van der Waals surface area contributed by atoms with Gasteiger partial charge >= 0.3 is 5.97 Å². The van der Waals surface area contributed by atoms with Gasteiger partial charge in [0.15, 0.2) is 0 Å². The van der Waals surface area contributed by atoms with E-state index in [1.54, 1.807) is 24.3 Å². The number of carbonyl (C=O) groups is 1. The van der Waals surface area contributed by atoms with Crippen molar-refractivity contribution in [2.75, 3.05) is 13.7 Å². The summed E-state index contributed by atoms with van der Waals surface area (Å²) < 4.78 is 31.9. The average Bonchev–Trinajstić information content (AvgIpc) is 2.59. The summed E-state index contributed by atoms with van der Waals surface area (Å²) in [6.07, 6.45) is 2.11. The van der Waals surface area contributed by atoms with Crippen molar-refractivity contribution < 1.29 is 17.9 Å². The molecule has 0 spiro atoms. The Hall–Kier alpha value is -1.18. The number of esters is 1. The van der Waals surface area contributed by atoms with Crippen molar-refractivity contribution in [1.82, 2.24) is 4.31 Å². The first-order valence-corrected chi connectivity index (χ1v) is 10.3. The van der Waals surface area contributed by atoms with Crippen LogP contribution < -0.4 is 0 Å². The van der Waals surface area contributed by atoms with Crippen LogP contribution in [0.5, 0.6) is 0 Å². The van der Waals surface area contributed by atoms with Gasteiger partial charge in [-0.3, -0.25) is 4.79 Å². The fraction of sp³-hybridized carbons (Fsp3) is 0.471. The quantitative estimate of drug-likeness (QED) is 0.351. The number of ether oxygens (including phenoxy) is 1. The van der Waals surface area contributed by atoms with Gasteiger partial charge in [-0.15, -0.1) is 0 Å². The van der Waals surface area contributed by atoms with E-state index in [1.165, 1.54) is 13.1 Å². The molecule has 0 aliphatic heterocycles. The Morgan fingerprint density at radius 1 is 1.38 bits per heavy atom. The average molecular weight is 418 g/mol. The van der Waals surface area contributed by atoms with Crippen LogP contribution in [0.25, 0.3) is 0 Å². The Balaban J connectivity index is 3.16. The van der Waals surface area contributed by atoms with Gasteiger partial charge in [-0.25, -0.2) is 8.42 Å². The van der Waals surface area contributed by atoms with E-state index in [0.717, 1.165) is 9.87 Å². The Bertz CT molecular complexity index is 658. The third-order valence-corrected chi connectivity index (χ3v) is 6.42. The van der Waals surface area contributed by atoms with Crippen molar-refractivity contribution in [2.45, 2.75) is 36.5 Å². The minimum Gasteiger partial charge on any atom is -0.460 e. The molecule has 24 heavy (non-hydrogen) atoms. The second-order valence-electron chi connectivity index (χ2n) is 5.55. The molecular weight excluding hydrogens is 394 g/mol. The fourth-order valence-corrected chi connectivity index (χ4v) is 4.03. The number of alkyl halides is 1. The van der Waals surface area contributed by atoms with Crippen molar-refractivity contribution in [3.8, 4) is 0 Å². The number of carbonyl (C=O) groups excluding carboxylic acids is 1. The minimum absolute atomic E-state index is 0.0552. The van der Waals surface area contributed by atoms with Gasteiger partial charge < -0.3 is 4.74 Å². The van der Waals surface area contributed by atoms with Gasteiger partial charge in [0.2, 0.25) is 10.0 Å². The van der Waals surface area contributed by atoms with Crippen LogP contribution in [0.3, 0.4) is 0 Å². The van der Waals surface area contributed by atoms with Gasteiger partial charge in [-0.05, 0) is 23.6 Å². The summed E-state index contributed by atoms with van der Waals surface area (Å²) in [4.78, 5) is 12.5. The molecular formula is C17H24BrNO4S. The lowest BCUT2D eigenvalue weighted by Crippen LogP contribution is -2.47. The summed E-state index contributed by atoms with van der Waals surface area (Å²) in [6.45, 7) is 7.30. The first kappa shape index (κ1) is 20.9. The van der Waals surface area contributed by atoms with Crippen LogP contribution in [0.4, 0.5) is 0 Å². The molecule has 0 bridgehead atoms. The minimum atomic E-state index is -3.80. The highest BCUT2D eigenvalue weighted by Crippen LogP contribution is 2.23. The number of hydrogen-bond donors (Lipinski definition) is 0. The molecule has 5 nitrogen and oxygen atoms in total. The largest absolute Gasteiger partial charge is 0.460 e. The van der Waals surface area contributed by atoms with Crippen molar-refractivity contribution >= 4 is 31.9 Å². The van der Waals surface area contributed by atoms with Crippen LogP contribution >= 0.6 is 15.9 Å². The van der Waals surface area contributed by atoms with Crippen molar-refractivity contribution in [3.05, 3.63) is 42.5 Å². The molecule has 0 heterocycles. The lowest BCUT2D eigenvalue weighted by atomic mass is 9.99. The molecule has 134 valence electrons. The molecule has 0 saturated heterocycles. The van der Waals surface area contributed by atoms with Gasteiger partial charge in [0.05, 0.1) is 4.90 Å². The number of hydrogen-bond acceptors (Lipinski definition) is 4. The van der Waals surface area contributed by atoms with Crippen LogP contribution in [-0.2, 0) is 24.9 Å². The molecule has 0 unspecified atom stereocenters. The summed E-state index contributed by atoms with van der Waals surface area (Å²) >= 11 is 3.33. The summed E-state index contributed by atoms with van der Waals surface area (Å²) in [6, 6.07) is 5.69. The molecule has 1 aromatic carbocycles. The number of benzene rings is 1. The highest BCUT2D eigenvalue weighted by Gasteiger charge is 2.37. The molecule has 1 aromatic rings. The van der Waals surface area contributed by atoms with Crippen LogP contribution in [0.15, 0.2) is 41.8 Å². The van der Waals surface area contributed by atoms with Crippen LogP contribution in [-0.4, -0.2) is 38.4 Å². The lowest BCUT2D eigenvalue weighted by Gasteiger charge is -2.29. The summed E-state index contributed by atoms with van der Waals surface area (Å²) in [5.41, 5.74) is 0.973. The maximum absolute atomic E-state index is 12.9. The monoisotopic (exact) mass is 417 g/mol. The zero-order chi connectivity index (χ0) is 18.3. The second-order valence-corrected chi connectivity index (χ2v) is 8.11. The topological polar surface area (TPSA) is 63.7 Å². The normalized spacial score (nSPS) is 14.2. The standard InChI is InChI=1S/C17H24BrNO4S/c1-5-11-23-17(20)16(13(3)6-2)19(4)24(21,22)15-9-7-14(12-18)8-10-15/h5,7-10,13,16H,1,6,11-12H2,2-4H3/t13-,16-/m0/s1. The van der Waals surface area contributed by atoms with Crippen LogP contribution in [0.1, 0.15) is 25.8 Å². The van der Waals surface area contributed by atoms with Gasteiger partial charge in [0.25, 0.3) is 0 Å². The van der Waals surface area contributed by atoms with E-state index in [0.29, 0.717) is 11.8 Å². The molecule has 0 aromatic heterocycles. The Morgan fingerprint density at radius 3 is 2.42 bits per heavy atom. The SMILES string of the molecule is C=CCOC(=O)[C@H]([C@@H](C)CC)N(C)S(=O)(=O)c1ccc(CBr)cc1. The van der Waals surface area contributed by atoms with E-state index in [-0.39, 0.29) is 17.4 Å². The van der Waals surface area contributed by atoms with Gasteiger partial charge in [0.1, 0.15) is 12.6 Å². The third-order valence-electron chi connectivity index (χ3n) is 3.91. The molecule has 7 heteroatoms. The molecule has 0 radical (unpaired) electrons. The maximum Gasteiger partial charge on any atom is 0.325 e. The fourth-order valence-electron chi connectivity index (χ4n) is 2.26. The van der Waals surface area contributed by atoms with Crippen LogP contribution in [0, 0.1) is 5.92 Å². The number of nitrogens with zero attached hydrogens (tertiary/aromatic N) is 1. The predicted molar refractivity (Wildman–Crippen MR) is 98.4 cm³/mol. The molecule has 1 rings (SSSR count). The second kappa shape index (κ2) is 9.34. The maximum atomic E-state index is 12.9. The first-order chi connectivity index (χ1) is 11.3. The smallest absolute Gasteiger partial charge is 0.325 e. The predicted octanol–water partition coefficient (Wildman–Crippen LogP) is 3.35. The Labute approximate surface area is 152 Å². The van der Waals surface area contributed by atoms with Crippen molar-refractivity contribution in [2.24, 2.45) is 5.92 Å². The number of likely N-dealkylation sites (N-methyl/N-ethyl adjacent to an activating group) is 1. The van der Waals surface area contributed by atoms with Gasteiger partial charge in [-0.2, -0.15) is 4.31 Å². The molecule has 0 N–H and O–H groups in total. The Morgan fingerprint density at radius 2 is 1.96 bits per heavy atom. The highest BCUT2D eigenvalue weighted by molar-refractivity contribution is 9.08. The van der Waals surface area contributed by atoms with Crippen molar-refractivity contribution in [3.63, 3.8) is 0 Å². The summed E-state index contributed by atoms with van der Waals surface area (Å²) in [7, 11) is -2.38. The van der Waals surface area contributed by atoms with E-state index in [2.05, 4.69) is 22.5 Å². The lowest BCUT2D eigenvalue weighted by molar-refractivity contribution is -0.148. The van der Waals surface area contributed by atoms with E-state index in [1.807, 2.05) is 13.8 Å². The molecule has 0 aliphatic carbocycles. The first-order valence-electron chi connectivity index (χ1n) is 7.70. The van der Waals surface area contributed by atoms with E-state index in [4.69, 9.17) is 4.74 Å². The molecule has 0 amide bonds. The molecule has 0 aliphatic rings. The summed E-state index contributed by atoms with van der Waals surface area (Å²) in [5, 5.41) is 0.645. The number of sulfonamides is 1. The third kappa shape index (κ3) is 4.91. The molecule has 0 fully saturated rings. The van der Waals surface area contributed by atoms with E-state index >= 15 is 0 Å². The summed E-state index contributed by atoms with van der Waals surface area (Å²) in [5.74, 6) is -0.740. The van der Waals surface area contributed by atoms with Crippen molar-refractivity contribution in [1.29, 1.82) is 0 Å². The zero-order valence-corrected chi connectivity index (χ0v) is 16.6. The van der Waals surface area contributed by atoms with Crippen LogP contribution in [0.2, 0.25) is 0 Å². The molecule has 2 atom stereocenters. The zero-order valence-electron chi connectivity index (χ0n) is 14.2. The van der Waals surface area contributed by atoms with E-state index < -0.39 is 22.0 Å². The molecule has 0 saturated carbocycles. The number of rotatable bonds is 9. The van der Waals surface area contributed by atoms with E-state index in [9.17, 15) is 13.2 Å². The number of halogens is 1. The van der Waals surface area contributed by atoms with Gasteiger partial charge in [0, 0.05) is 12.4 Å².